The number of carbonyl (C=O) groups is 1. The van der Waals surface area contributed by atoms with E-state index in [1.54, 1.807) is 6.07 Å². The van der Waals surface area contributed by atoms with Crippen molar-refractivity contribution in [3.63, 3.8) is 0 Å². The third-order valence-corrected chi connectivity index (χ3v) is 6.05. The van der Waals surface area contributed by atoms with Crippen molar-refractivity contribution in [3.8, 4) is 5.75 Å². The number of piperidine rings is 2. The fourth-order valence-electron chi connectivity index (χ4n) is 4.41. The van der Waals surface area contributed by atoms with Crippen LogP contribution in [0.4, 0.5) is 0 Å². The summed E-state index contributed by atoms with van der Waals surface area (Å²) in [5.74, 6) is 1.44. The average Bonchev–Trinajstić information content (AvgIpc) is 2.74. The maximum absolute atomic E-state index is 12.9. The van der Waals surface area contributed by atoms with Crippen LogP contribution in [0.2, 0.25) is 0 Å². The number of hydrogen-bond donors (Lipinski definition) is 2. The topological polar surface area (TPSA) is 52.6 Å². The first-order chi connectivity index (χ1) is 13.2. The Morgan fingerprint density at radius 3 is 2.41 bits per heavy atom. The number of amides is 1. The van der Waals surface area contributed by atoms with E-state index >= 15 is 0 Å². The molecule has 0 bridgehead atoms. The Kier molecular flexibility index (Phi) is 5.44. The van der Waals surface area contributed by atoms with Gasteiger partial charge in [-0.2, -0.15) is 0 Å². The molecule has 4 heteroatoms. The minimum Gasteiger partial charge on any atom is -0.508 e. The number of nitrogens with one attached hydrogen (secondary N) is 1. The summed E-state index contributed by atoms with van der Waals surface area (Å²) >= 11 is 0. The molecule has 0 aliphatic carbocycles. The second-order valence-corrected chi connectivity index (χ2v) is 7.83. The molecule has 0 spiro atoms. The molecule has 1 atom stereocenters. The van der Waals surface area contributed by atoms with E-state index in [0.29, 0.717) is 17.6 Å². The highest BCUT2D eigenvalue weighted by Gasteiger charge is 2.25. The quantitative estimate of drug-likeness (QED) is 0.869. The van der Waals surface area contributed by atoms with Crippen LogP contribution in [0.5, 0.6) is 5.75 Å². The molecule has 1 unspecified atom stereocenters. The zero-order valence-corrected chi connectivity index (χ0v) is 15.7. The summed E-state index contributed by atoms with van der Waals surface area (Å²) in [5, 5.41) is 13.1. The molecular formula is C23H28N2O2. The van der Waals surface area contributed by atoms with E-state index in [1.807, 2.05) is 29.2 Å². The third kappa shape index (κ3) is 4.16. The van der Waals surface area contributed by atoms with Crippen molar-refractivity contribution in [1.29, 1.82) is 0 Å². The number of hydrogen-bond acceptors (Lipinski definition) is 3. The number of carbonyl (C=O) groups excluding carboxylic acids is 1. The molecule has 27 heavy (non-hydrogen) atoms. The van der Waals surface area contributed by atoms with Crippen molar-refractivity contribution in [2.75, 3.05) is 26.2 Å². The lowest BCUT2D eigenvalue weighted by Gasteiger charge is -2.32. The fraction of sp³-hybridized carbons (Fsp3) is 0.435. The standard InChI is InChI=1S/C23H28N2O2/c26-22-5-1-3-20(15-22)18-10-13-25(14-11-18)23(27)19-8-6-17(7-9-19)21-4-2-12-24-16-21/h1,3,5-9,15,18,21,24,26H,2,4,10-14,16H2. The predicted octanol–water partition coefficient (Wildman–Crippen LogP) is 3.88. The van der Waals surface area contributed by atoms with Crippen LogP contribution in [0.15, 0.2) is 48.5 Å². The van der Waals surface area contributed by atoms with E-state index in [9.17, 15) is 9.90 Å². The molecule has 4 rings (SSSR count). The van der Waals surface area contributed by atoms with Crippen LogP contribution in [0, 0.1) is 0 Å². The highest BCUT2D eigenvalue weighted by Crippen LogP contribution is 2.30. The first-order valence-electron chi connectivity index (χ1n) is 10.1. The molecule has 0 aromatic heterocycles. The molecule has 0 saturated carbocycles. The largest absolute Gasteiger partial charge is 0.508 e. The molecule has 0 radical (unpaired) electrons. The average molecular weight is 364 g/mol. The van der Waals surface area contributed by atoms with Gasteiger partial charge < -0.3 is 15.3 Å². The summed E-state index contributed by atoms with van der Waals surface area (Å²) in [4.78, 5) is 14.8. The molecule has 2 fully saturated rings. The lowest BCUT2D eigenvalue weighted by Crippen LogP contribution is -2.37. The van der Waals surface area contributed by atoms with E-state index in [-0.39, 0.29) is 5.91 Å². The molecule has 1 amide bonds. The monoisotopic (exact) mass is 364 g/mol. The van der Waals surface area contributed by atoms with Gasteiger partial charge >= 0.3 is 0 Å². The maximum atomic E-state index is 12.9. The Labute approximate surface area is 161 Å². The second kappa shape index (κ2) is 8.13. The van der Waals surface area contributed by atoms with Crippen LogP contribution in [0.1, 0.15) is 59.0 Å². The summed E-state index contributed by atoms with van der Waals surface area (Å²) in [6.07, 6.45) is 4.34. The maximum Gasteiger partial charge on any atom is 0.253 e. The third-order valence-electron chi connectivity index (χ3n) is 6.05. The lowest BCUT2D eigenvalue weighted by atomic mass is 9.89. The van der Waals surface area contributed by atoms with Gasteiger partial charge in [-0.05, 0) is 79.5 Å². The van der Waals surface area contributed by atoms with Gasteiger partial charge in [0.25, 0.3) is 5.91 Å². The first kappa shape index (κ1) is 18.1. The Hall–Kier alpha value is -2.33. The highest BCUT2D eigenvalue weighted by molar-refractivity contribution is 5.94. The SMILES string of the molecule is O=C(c1ccc(C2CCCNC2)cc1)N1CCC(c2cccc(O)c2)CC1. The van der Waals surface area contributed by atoms with Crippen molar-refractivity contribution in [2.45, 2.75) is 37.5 Å². The number of aromatic hydroxyl groups is 1. The van der Waals surface area contributed by atoms with Gasteiger partial charge in [-0.25, -0.2) is 0 Å². The minimum absolute atomic E-state index is 0.137. The summed E-state index contributed by atoms with van der Waals surface area (Å²) in [6.45, 7) is 3.70. The van der Waals surface area contributed by atoms with Crippen molar-refractivity contribution >= 4 is 5.91 Å². The summed E-state index contributed by atoms with van der Waals surface area (Å²) in [6, 6.07) is 15.8. The van der Waals surface area contributed by atoms with Crippen LogP contribution in [0.3, 0.4) is 0 Å². The summed E-state index contributed by atoms with van der Waals surface area (Å²) in [7, 11) is 0. The van der Waals surface area contributed by atoms with E-state index in [0.717, 1.165) is 44.6 Å². The summed E-state index contributed by atoms with van der Waals surface area (Å²) in [5.41, 5.74) is 3.30. The molecule has 2 saturated heterocycles. The van der Waals surface area contributed by atoms with E-state index in [2.05, 4.69) is 23.5 Å². The van der Waals surface area contributed by atoms with Gasteiger partial charge in [-0.1, -0.05) is 24.3 Å². The number of rotatable bonds is 3. The number of nitrogens with zero attached hydrogens (tertiary/aromatic N) is 1. The van der Waals surface area contributed by atoms with Crippen LogP contribution in [-0.2, 0) is 0 Å². The molecule has 4 nitrogen and oxygen atoms in total. The van der Waals surface area contributed by atoms with Gasteiger partial charge in [-0.15, -0.1) is 0 Å². The van der Waals surface area contributed by atoms with E-state index in [1.165, 1.54) is 24.0 Å². The van der Waals surface area contributed by atoms with Crippen molar-refractivity contribution in [2.24, 2.45) is 0 Å². The van der Waals surface area contributed by atoms with E-state index < -0.39 is 0 Å². The van der Waals surface area contributed by atoms with Gasteiger partial charge in [0, 0.05) is 25.2 Å². The summed E-state index contributed by atoms with van der Waals surface area (Å²) < 4.78 is 0. The van der Waals surface area contributed by atoms with Crippen molar-refractivity contribution in [1.82, 2.24) is 10.2 Å². The lowest BCUT2D eigenvalue weighted by molar-refractivity contribution is 0.0713. The zero-order chi connectivity index (χ0) is 18.6. The first-order valence-corrected chi connectivity index (χ1v) is 10.1. The Bertz CT molecular complexity index is 773. The second-order valence-electron chi connectivity index (χ2n) is 7.83. The fourth-order valence-corrected chi connectivity index (χ4v) is 4.41. The molecule has 2 N–H and O–H groups in total. The molecule has 2 aromatic carbocycles. The minimum atomic E-state index is 0.137. The predicted molar refractivity (Wildman–Crippen MR) is 107 cm³/mol. The normalized spacial score (nSPS) is 21.2. The molecule has 142 valence electrons. The molecule has 2 heterocycles. The van der Waals surface area contributed by atoms with E-state index in [4.69, 9.17) is 0 Å². The van der Waals surface area contributed by atoms with Gasteiger partial charge in [0.1, 0.15) is 5.75 Å². The molecular weight excluding hydrogens is 336 g/mol. The molecule has 2 aromatic rings. The van der Waals surface area contributed by atoms with Gasteiger partial charge in [0.15, 0.2) is 0 Å². The number of phenols is 1. The van der Waals surface area contributed by atoms with Crippen LogP contribution in [-0.4, -0.2) is 42.1 Å². The van der Waals surface area contributed by atoms with Crippen LogP contribution in [0.25, 0.3) is 0 Å². The number of phenolic OH excluding ortho intramolecular Hbond substituents is 1. The number of likely N-dealkylation sites (tertiary alicyclic amines) is 1. The number of benzene rings is 2. The van der Waals surface area contributed by atoms with Crippen molar-refractivity contribution < 1.29 is 9.90 Å². The van der Waals surface area contributed by atoms with Gasteiger partial charge in [0.2, 0.25) is 0 Å². The Balaban J connectivity index is 1.36. The van der Waals surface area contributed by atoms with Crippen molar-refractivity contribution in [3.05, 3.63) is 65.2 Å². The smallest absolute Gasteiger partial charge is 0.253 e. The zero-order valence-electron chi connectivity index (χ0n) is 15.7. The van der Waals surface area contributed by atoms with Gasteiger partial charge in [-0.3, -0.25) is 4.79 Å². The molecule has 2 aliphatic heterocycles. The van der Waals surface area contributed by atoms with Gasteiger partial charge in [0.05, 0.1) is 0 Å². The Morgan fingerprint density at radius 1 is 0.963 bits per heavy atom. The van der Waals surface area contributed by atoms with Crippen LogP contribution < -0.4 is 5.32 Å². The highest BCUT2D eigenvalue weighted by atomic mass is 16.3. The van der Waals surface area contributed by atoms with Crippen LogP contribution >= 0.6 is 0 Å². The Morgan fingerprint density at radius 2 is 1.74 bits per heavy atom. The molecule has 2 aliphatic rings.